The minimum Gasteiger partial charge on any atom is -0.479 e. The molecule has 1 aliphatic carbocycles. The number of aliphatic carboxylic acids is 1. The minimum atomic E-state index is -1.28. The van der Waals surface area contributed by atoms with Gasteiger partial charge in [-0.2, -0.15) is 0 Å². The Kier molecular flexibility index (Phi) is 4.26. The number of carbonyl (C=O) groups excluding carboxylic acids is 1. The lowest BCUT2D eigenvalue weighted by molar-refractivity contribution is -0.144. The normalized spacial score (nSPS) is 26.2. The van der Waals surface area contributed by atoms with Crippen LogP contribution in [0.5, 0.6) is 0 Å². The van der Waals surface area contributed by atoms with Gasteiger partial charge in [0, 0.05) is 32.7 Å². The quantitative estimate of drug-likeness (QED) is 0.713. The van der Waals surface area contributed by atoms with Crippen LogP contribution in [0, 0.1) is 0 Å². The lowest BCUT2D eigenvalue weighted by atomic mass is 9.99. The van der Waals surface area contributed by atoms with Crippen molar-refractivity contribution < 1.29 is 24.2 Å². The van der Waals surface area contributed by atoms with E-state index in [4.69, 9.17) is 9.47 Å². The van der Waals surface area contributed by atoms with Crippen molar-refractivity contribution in [2.45, 2.75) is 30.8 Å². The van der Waals surface area contributed by atoms with Crippen LogP contribution < -0.4 is 5.32 Å². The van der Waals surface area contributed by atoms with Gasteiger partial charge in [0.1, 0.15) is 0 Å². The molecule has 1 saturated heterocycles. The molecule has 1 heterocycles. The molecule has 1 saturated carbocycles. The highest BCUT2D eigenvalue weighted by Gasteiger charge is 2.45. The van der Waals surface area contributed by atoms with Crippen molar-refractivity contribution in [3.63, 3.8) is 0 Å². The van der Waals surface area contributed by atoms with E-state index in [0.29, 0.717) is 26.2 Å². The molecule has 2 fully saturated rings. The minimum absolute atomic E-state index is 0.0247. The van der Waals surface area contributed by atoms with Gasteiger partial charge in [-0.05, 0) is 12.8 Å². The maximum absolute atomic E-state index is 12.2. The Morgan fingerprint density at radius 2 is 2.26 bits per heavy atom. The number of carbonyl (C=O) groups is 2. The molecule has 0 aromatic carbocycles. The van der Waals surface area contributed by atoms with Gasteiger partial charge in [0.2, 0.25) is 0 Å². The fourth-order valence-corrected chi connectivity index (χ4v) is 2.19. The van der Waals surface area contributed by atoms with Gasteiger partial charge in [-0.3, -0.25) is 0 Å². The zero-order chi connectivity index (χ0) is 13.9. The van der Waals surface area contributed by atoms with Crippen LogP contribution in [0.15, 0.2) is 0 Å². The lowest BCUT2D eigenvalue weighted by Gasteiger charge is -2.29. The van der Waals surface area contributed by atoms with Crippen molar-refractivity contribution in [3.8, 4) is 0 Å². The number of amides is 2. The van der Waals surface area contributed by atoms with Gasteiger partial charge in [0.05, 0.1) is 13.2 Å². The van der Waals surface area contributed by atoms with Crippen molar-refractivity contribution in [3.05, 3.63) is 0 Å². The van der Waals surface area contributed by atoms with Gasteiger partial charge in [-0.1, -0.05) is 0 Å². The highest BCUT2D eigenvalue weighted by molar-refractivity contribution is 5.87. The van der Waals surface area contributed by atoms with Gasteiger partial charge in [0.25, 0.3) is 0 Å². The first-order chi connectivity index (χ1) is 9.09. The summed E-state index contributed by atoms with van der Waals surface area (Å²) in [6.45, 7) is 1.30. The van der Waals surface area contributed by atoms with Crippen molar-refractivity contribution in [2.75, 3.05) is 33.5 Å². The van der Waals surface area contributed by atoms with Gasteiger partial charge in [0.15, 0.2) is 5.54 Å². The number of nitrogens with zero attached hydrogens (tertiary/aromatic N) is 1. The zero-order valence-corrected chi connectivity index (χ0v) is 11.1. The molecule has 108 valence electrons. The van der Waals surface area contributed by atoms with Crippen LogP contribution >= 0.6 is 0 Å². The highest BCUT2D eigenvalue weighted by atomic mass is 16.5. The number of nitrogens with one attached hydrogen (secondary N) is 1. The summed E-state index contributed by atoms with van der Waals surface area (Å²) < 4.78 is 10.1. The van der Waals surface area contributed by atoms with Gasteiger partial charge in [-0.25, -0.2) is 9.59 Å². The summed E-state index contributed by atoms with van der Waals surface area (Å²) in [7, 11) is 1.58. The predicted molar refractivity (Wildman–Crippen MR) is 65.9 cm³/mol. The fraction of sp³-hybridized carbons (Fsp3) is 0.833. The Labute approximate surface area is 111 Å². The molecule has 7 nitrogen and oxygen atoms in total. The van der Waals surface area contributed by atoms with Crippen molar-refractivity contribution in [1.82, 2.24) is 10.2 Å². The molecule has 0 bridgehead atoms. The molecule has 2 amide bonds. The standard InChI is InChI=1S/C12H20N2O5/c1-18-7-5-14(9-2-3-9)11(17)13-12(10(15)16)4-6-19-8-12/h9H,2-8H2,1H3,(H,13,17)(H,15,16). The first-order valence-corrected chi connectivity index (χ1v) is 6.48. The third-order valence-corrected chi connectivity index (χ3v) is 3.56. The fourth-order valence-electron chi connectivity index (χ4n) is 2.19. The third kappa shape index (κ3) is 3.16. The number of hydrogen-bond donors (Lipinski definition) is 2. The summed E-state index contributed by atoms with van der Waals surface area (Å²) in [5.74, 6) is -1.04. The number of methoxy groups -OCH3 is 1. The number of carboxylic acids is 1. The van der Waals surface area contributed by atoms with E-state index in [2.05, 4.69) is 5.32 Å². The summed E-state index contributed by atoms with van der Waals surface area (Å²) >= 11 is 0. The second kappa shape index (κ2) is 5.75. The molecule has 0 aromatic heterocycles. The van der Waals surface area contributed by atoms with Crippen LogP contribution in [0.2, 0.25) is 0 Å². The topological polar surface area (TPSA) is 88.1 Å². The molecule has 0 aromatic rings. The third-order valence-electron chi connectivity index (χ3n) is 3.56. The van der Waals surface area contributed by atoms with Gasteiger partial charge >= 0.3 is 12.0 Å². The number of ether oxygens (including phenoxy) is 2. The van der Waals surface area contributed by atoms with Crippen LogP contribution in [0.3, 0.4) is 0 Å². The van der Waals surface area contributed by atoms with E-state index in [9.17, 15) is 14.7 Å². The summed E-state index contributed by atoms with van der Waals surface area (Å²) in [6.07, 6.45) is 2.23. The van der Waals surface area contributed by atoms with Crippen LogP contribution in [-0.2, 0) is 14.3 Å². The number of carboxylic acid groups (broad SMARTS) is 1. The van der Waals surface area contributed by atoms with Crippen LogP contribution in [0.4, 0.5) is 4.79 Å². The average Bonchev–Trinajstić information content (AvgIpc) is 3.09. The molecule has 2 aliphatic rings. The Morgan fingerprint density at radius 1 is 1.53 bits per heavy atom. The molecular weight excluding hydrogens is 252 g/mol. The Balaban J connectivity index is 1.98. The van der Waals surface area contributed by atoms with Crippen LogP contribution in [-0.4, -0.2) is 67.1 Å². The number of urea groups is 1. The molecular formula is C12H20N2O5. The molecule has 2 rings (SSSR count). The van der Waals surface area contributed by atoms with Crippen LogP contribution in [0.25, 0.3) is 0 Å². The summed E-state index contributed by atoms with van der Waals surface area (Å²) in [6, 6.07) is -0.129. The molecule has 0 spiro atoms. The summed E-state index contributed by atoms with van der Waals surface area (Å²) in [5.41, 5.74) is -1.28. The van der Waals surface area contributed by atoms with E-state index in [-0.39, 0.29) is 18.7 Å². The zero-order valence-electron chi connectivity index (χ0n) is 11.1. The largest absolute Gasteiger partial charge is 0.479 e. The second-order valence-electron chi connectivity index (χ2n) is 5.04. The van der Waals surface area contributed by atoms with E-state index in [1.54, 1.807) is 12.0 Å². The molecule has 1 atom stereocenters. The number of rotatable bonds is 6. The smallest absolute Gasteiger partial charge is 0.332 e. The first kappa shape index (κ1) is 14.1. The van der Waals surface area contributed by atoms with E-state index in [0.717, 1.165) is 12.8 Å². The molecule has 19 heavy (non-hydrogen) atoms. The molecule has 1 aliphatic heterocycles. The first-order valence-electron chi connectivity index (χ1n) is 6.48. The van der Waals surface area contributed by atoms with Crippen LogP contribution in [0.1, 0.15) is 19.3 Å². The van der Waals surface area contributed by atoms with Gasteiger partial charge < -0.3 is 24.8 Å². The Hall–Kier alpha value is -1.34. The highest BCUT2D eigenvalue weighted by Crippen LogP contribution is 2.27. The lowest BCUT2D eigenvalue weighted by Crippen LogP contribution is -2.59. The van der Waals surface area contributed by atoms with Crippen molar-refractivity contribution in [1.29, 1.82) is 0 Å². The van der Waals surface area contributed by atoms with E-state index in [1.807, 2.05) is 0 Å². The SMILES string of the molecule is COCCN(C(=O)NC1(C(=O)O)CCOC1)C1CC1. The monoisotopic (exact) mass is 272 g/mol. The summed E-state index contributed by atoms with van der Waals surface area (Å²) in [5, 5.41) is 11.9. The molecule has 0 radical (unpaired) electrons. The van der Waals surface area contributed by atoms with Gasteiger partial charge in [-0.15, -0.1) is 0 Å². The van der Waals surface area contributed by atoms with Crippen molar-refractivity contribution >= 4 is 12.0 Å². The average molecular weight is 272 g/mol. The predicted octanol–water partition coefficient (Wildman–Crippen LogP) is 0.0505. The van der Waals surface area contributed by atoms with E-state index < -0.39 is 11.5 Å². The Bertz CT molecular complexity index is 350. The molecule has 1 unspecified atom stereocenters. The second-order valence-corrected chi connectivity index (χ2v) is 5.04. The van der Waals surface area contributed by atoms with E-state index >= 15 is 0 Å². The summed E-state index contributed by atoms with van der Waals surface area (Å²) in [4.78, 5) is 25.2. The van der Waals surface area contributed by atoms with E-state index in [1.165, 1.54) is 0 Å². The molecule has 7 heteroatoms. The maximum atomic E-state index is 12.2. The maximum Gasteiger partial charge on any atom is 0.332 e. The molecule has 2 N–H and O–H groups in total. The van der Waals surface area contributed by atoms with Crippen molar-refractivity contribution in [2.24, 2.45) is 0 Å². The Morgan fingerprint density at radius 3 is 2.74 bits per heavy atom. The number of hydrogen-bond acceptors (Lipinski definition) is 4.